The molecule has 0 saturated heterocycles. The van der Waals surface area contributed by atoms with E-state index >= 15 is 0 Å². The molecule has 1 aromatic carbocycles. The van der Waals surface area contributed by atoms with Crippen molar-refractivity contribution in [2.24, 2.45) is 0 Å². The van der Waals surface area contributed by atoms with E-state index < -0.39 is 11.9 Å². The third kappa shape index (κ3) is 3.59. The van der Waals surface area contributed by atoms with Gasteiger partial charge in [0.2, 0.25) is 0 Å². The lowest BCUT2D eigenvalue weighted by Crippen LogP contribution is -2.10. The van der Waals surface area contributed by atoms with Crippen LogP contribution in [0.5, 0.6) is 0 Å². The smallest absolute Gasteiger partial charge is 0.310 e. The quantitative estimate of drug-likeness (QED) is 0.814. The van der Waals surface area contributed by atoms with Gasteiger partial charge in [0, 0.05) is 6.92 Å². The Labute approximate surface area is 100 Å². The number of aliphatic carboxylic acids is 1. The highest BCUT2D eigenvalue weighted by atomic mass is 16.5. The van der Waals surface area contributed by atoms with Gasteiger partial charge in [-0.25, -0.2) is 0 Å². The summed E-state index contributed by atoms with van der Waals surface area (Å²) in [7, 11) is 0. The number of carboxylic acid groups (broad SMARTS) is 1. The summed E-state index contributed by atoms with van der Waals surface area (Å²) in [4.78, 5) is 21.6. The molecule has 0 saturated carbocycles. The van der Waals surface area contributed by atoms with Gasteiger partial charge in [0.25, 0.3) is 0 Å². The molecule has 0 spiro atoms. The van der Waals surface area contributed by atoms with Crippen molar-refractivity contribution in [3.63, 3.8) is 0 Å². The molecule has 1 aromatic rings. The number of ether oxygens (including phenoxy) is 1. The molecule has 0 radical (unpaired) electrons. The summed E-state index contributed by atoms with van der Waals surface area (Å²) in [5.41, 5.74) is 2.47. The van der Waals surface area contributed by atoms with Gasteiger partial charge >= 0.3 is 11.9 Å². The minimum absolute atomic E-state index is 0.176. The summed E-state index contributed by atoms with van der Waals surface area (Å²) in [5, 5.41) is 8.98. The molecular formula is C13H16O4. The van der Waals surface area contributed by atoms with Crippen molar-refractivity contribution in [1.82, 2.24) is 0 Å². The van der Waals surface area contributed by atoms with E-state index in [4.69, 9.17) is 9.84 Å². The summed E-state index contributed by atoms with van der Waals surface area (Å²) in [6, 6.07) is 5.45. The second-order valence-corrected chi connectivity index (χ2v) is 4.03. The molecule has 1 rings (SSSR count). The van der Waals surface area contributed by atoms with Crippen LogP contribution >= 0.6 is 0 Å². The van der Waals surface area contributed by atoms with Crippen LogP contribution in [0.25, 0.3) is 0 Å². The van der Waals surface area contributed by atoms with E-state index in [1.54, 1.807) is 13.0 Å². The SMILES string of the molecule is CC(=O)OCc1ccc(C)c(C(C)C(=O)O)c1. The van der Waals surface area contributed by atoms with Gasteiger partial charge in [-0.05, 0) is 30.5 Å². The van der Waals surface area contributed by atoms with Crippen molar-refractivity contribution in [2.45, 2.75) is 33.3 Å². The van der Waals surface area contributed by atoms with Gasteiger partial charge < -0.3 is 9.84 Å². The van der Waals surface area contributed by atoms with Gasteiger partial charge in [-0.2, -0.15) is 0 Å². The molecule has 0 aromatic heterocycles. The van der Waals surface area contributed by atoms with E-state index in [-0.39, 0.29) is 12.6 Å². The first-order chi connectivity index (χ1) is 7.91. The maximum atomic E-state index is 10.9. The molecule has 1 N–H and O–H groups in total. The number of hydrogen-bond acceptors (Lipinski definition) is 3. The molecule has 0 amide bonds. The van der Waals surface area contributed by atoms with Crippen molar-refractivity contribution >= 4 is 11.9 Å². The Morgan fingerprint density at radius 3 is 2.59 bits per heavy atom. The van der Waals surface area contributed by atoms with Crippen molar-refractivity contribution in [3.8, 4) is 0 Å². The van der Waals surface area contributed by atoms with Crippen LogP contribution in [0.2, 0.25) is 0 Å². The summed E-state index contributed by atoms with van der Waals surface area (Å²) < 4.78 is 4.88. The molecule has 0 aliphatic carbocycles. The van der Waals surface area contributed by atoms with Gasteiger partial charge in [0.05, 0.1) is 5.92 Å². The molecule has 0 aliphatic heterocycles. The van der Waals surface area contributed by atoms with Crippen LogP contribution in [-0.4, -0.2) is 17.0 Å². The molecule has 0 heterocycles. The zero-order valence-electron chi connectivity index (χ0n) is 10.2. The van der Waals surface area contributed by atoms with Crippen LogP contribution in [0, 0.1) is 6.92 Å². The fraction of sp³-hybridized carbons (Fsp3) is 0.385. The second kappa shape index (κ2) is 5.48. The van der Waals surface area contributed by atoms with Crippen LogP contribution < -0.4 is 0 Å². The predicted molar refractivity (Wildman–Crippen MR) is 62.7 cm³/mol. The number of aryl methyl sites for hydroxylation is 1. The van der Waals surface area contributed by atoms with Crippen molar-refractivity contribution in [3.05, 3.63) is 34.9 Å². The van der Waals surface area contributed by atoms with Crippen molar-refractivity contribution in [1.29, 1.82) is 0 Å². The second-order valence-electron chi connectivity index (χ2n) is 4.03. The summed E-state index contributed by atoms with van der Waals surface area (Å²) in [5.74, 6) is -1.77. The zero-order valence-corrected chi connectivity index (χ0v) is 10.2. The maximum absolute atomic E-state index is 10.9. The molecular weight excluding hydrogens is 220 g/mol. The number of benzene rings is 1. The Balaban J connectivity index is 2.94. The van der Waals surface area contributed by atoms with Gasteiger partial charge in [-0.1, -0.05) is 18.2 Å². The predicted octanol–water partition coefficient (Wildman–Crippen LogP) is 2.25. The molecule has 1 atom stereocenters. The van der Waals surface area contributed by atoms with Crippen LogP contribution in [-0.2, 0) is 20.9 Å². The zero-order chi connectivity index (χ0) is 13.0. The number of rotatable bonds is 4. The third-order valence-electron chi connectivity index (χ3n) is 2.62. The van der Waals surface area contributed by atoms with E-state index in [2.05, 4.69) is 0 Å². The van der Waals surface area contributed by atoms with E-state index in [9.17, 15) is 9.59 Å². The third-order valence-corrected chi connectivity index (χ3v) is 2.62. The number of hydrogen-bond donors (Lipinski definition) is 1. The molecule has 0 aliphatic rings. The highest BCUT2D eigenvalue weighted by molar-refractivity contribution is 5.76. The molecule has 0 bridgehead atoms. The molecule has 92 valence electrons. The summed E-state index contributed by atoms with van der Waals surface area (Å²) in [6.45, 7) is 5.02. The Hall–Kier alpha value is -1.84. The summed E-state index contributed by atoms with van der Waals surface area (Å²) >= 11 is 0. The monoisotopic (exact) mass is 236 g/mol. The van der Waals surface area contributed by atoms with E-state index in [0.29, 0.717) is 0 Å². The standard InChI is InChI=1S/C13H16O4/c1-8-4-5-11(7-17-10(3)14)6-12(8)9(2)13(15)16/h4-6,9H,7H2,1-3H3,(H,15,16). The molecule has 0 fully saturated rings. The van der Waals surface area contributed by atoms with E-state index in [1.807, 2.05) is 19.1 Å². The Bertz CT molecular complexity index is 437. The van der Waals surface area contributed by atoms with Gasteiger partial charge in [-0.15, -0.1) is 0 Å². The molecule has 1 unspecified atom stereocenters. The number of carboxylic acids is 1. The minimum Gasteiger partial charge on any atom is -0.481 e. The average Bonchev–Trinajstić information content (AvgIpc) is 2.26. The highest BCUT2D eigenvalue weighted by Gasteiger charge is 2.16. The maximum Gasteiger partial charge on any atom is 0.310 e. The van der Waals surface area contributed by atoms with Gasteiger partial charge in [0.15, 0.2) is 0 Å². The lowest BCUT2D eigenvalue weighted by molar-refractivity contribution is -0.142. The minimum atomic E-state index is -0.863. The van der Waals surface area contributed by atoms with Crippen LogP contribution in [0.1, 0.15) is 36.5 Å². The van der Waals surface area contributed by atoms with E-state index in [0.717, 1.165) is 16.7 Å². The first-order valence-electron chi connectivity index (χ1n) is 5.37. The number of carbonyl (C=O) groups is 2. The number of carbonyl (C=O) groups excluding carboxylic acids is 1. The fourth-order valence-electron chi connectivity index (χ4n) is 1.56. The summed E-state index contributed by atoms with van der Waals surface area (Å²) in [6.07, 6.45) is 0. The van der Waals surface area contributed by atoms with Gasteiger partial charge in [-0.3, -0.25) is 9.59 Å². The molecule has 4 nitrogen and oxygen atoms in total. The van der Waals surface area contributed by atoms with E-state index in [1.165, 1.54) is 6.92 Å². The Morgan fingerprint density at radius 1 is 1.41 bits per heavy atom. The van der Waals surface area contributed by atoms with Gasteiger partial charge in [0.1, 0.15) is 6.61 Å². The lowest BCUT2D eigenvalue weighted by Gasteiger charge is -2.12. The van der Waals surface area contributed by atoms with Crippen molar-refractivity contribution < 1.29 is 19.4 Å². The highest BCUT2D eigenvalue weighted by Crippen LogP contribution is 2.21. The van der Waals surface area contributed by atoms with Crippen molar-refractivity contribution in [2.75, 3.05) is 0 Å². The first-order valence-corrected chi connectivity index (χ1v) is 5.37. The van der Waals surface area contributed by atoms with Crippen LogP contribution in [0.4, 0.5) is 0 Å². The normalized spacial score (nSPS) is 11.9. The lowest BCUT2D eigenvalue weighted by atomic mass is 9.95. The van der Waals surface area contributed by atoms with Crippen LogP contribution in [0.15, 0.2) is 18.2 Å². The average molecular weight is 236 g/mol. The van der Waals surface area contributed by atoms with Crippen LogP contribution in [0.3, 0.4) is 0 Å². The topological polar surface area (TPSA) is 63.6 Å². The molecule has 4 heteroatoms. The Morgan fingerprint density at radius 2 is 2.06 bits per heavy atom. The number of esters is 1. The molecule has 17 heavy (non-hydrogen) atoms. The largest absolute Gasteiger partial charge is 0.481 e. The Kier molecular flexibility index (Phi) is 4.26. The fourth-order valence-corrected chi connectivity index (χ4v) is 1.56. The first kappa shape index (κ1) is 13.2.